The molecule has 0 atom stereocenters. The fourth-order valence-corrected chi connectivity index (χ4v) is 2.29. The zero-order valence-electron chi connectivity index (χ0n) is 9.88. The molecular weight excluding hydrogens is 322 g/mol. The van der Waals surface area contributed by atoms with E-state index >= 15 is 0 Å². The molecule has 1 aromatic carbocycles. The van der Waals surface area contributed by atoms with Crippen molar-refractivity contribution in [3.05, 3.63) is 33.8 Å². The SMILES string of the molecule is O=C1CN(C(=O)c2c(F)cc(Br)cc2F)CCCN1. The first kappa shape index (κ1) is 13.9. The Hall–Kier alpha value is -1.50. The lowest BCUT2D eigenvalue weighted by atomic mass is 10.1. The summed E-state index contributed by atoms with van der Waals surface area (Å²) in [6, 6.07) is 2.04. The van der Waals surface area contributed by atoms with E-state index in [1.165, 1.54) is 0 Å². The van der Waals surface area contributed by atoms with Gasteiger partial charge in [0.2, 0.25) is 5.91 Å². The van der Waals surface area contributed by atoms with Crippen molar-refractivity contribution < 1.29 is 18.4 Å². The van der Waals surface area contributed by atoms with Crippen molar-refractivity contribution in [2.45, 2.75) is 6.42 Å². The number of amides is 2. The third kappa shape index (κ3) is 3.09. The molecule has 0 radical (unpaired) electrons. The molecule has 102 valence electrons. The van der Waals surface area contributed by atoms with E-state index in [0.29, 0.717) is 13.0 Å². The quantitative estimate of drug-likeness (QED) is 0.850. The number of carbonyl (C=O) groups excluding carboxylic acids is 2. The van der Waals surface area contributed by atoms with Crippen molar-refractivity contribution >= 4 is 27.7 Å². The molecule has 2 rings (SSSR count). The molecule has 0 bridgehead atoms. The maximum atomic E-state index is 13.7. The third-order valence-corrected chi connectivity index (χ3v) is 3.23. The summed E-state index contributed by atoms with van der Waals surface area (Å²) in [5.74, 6) is -3.02. The van der Waals surface area contributed by atoms with E-state index in [0.717, 1.165) is 17.0 Å². The molecule has 0 spiro atoms. The van der Waals surface area contributed by atoms with Crippen LogP contribution in [0.4, 0.5) is 8.78 Å². The Morgan fingerprint density at radius 3 is 2.58 bits per heavy atom. The largest absolute Gasteiger partial charge is 0.354 e. The summed E-state index contributed by atoms with van der Waals surface area (Å²) < 4.78 is 27.6. The van der Waals surface area contributed by atoms with Crippen LogP contribution in [0, 0.1) is 11.6 Å². The van der Waals surface area contributed by atoms with E-state index in [4.69, 9.17) is 0 Å². The van der Waals surface area contributed by atoms with Crippen LogP contribution in [0.2, 0.25) is 0 Å². The molecular formula is C12H11BrF2N2O2. The minimum atomic E-state index is -0.943. The summed E-state index contributed by atoms with van der Waals surface area (Å²) in [4.78, 5) is 24.6. The average Bonchev–Trinajstić information content (AvgIpc) is 2.52. The van der Waals surface area contributed by atoms with Crippen LogP contribution >= 0.6 is 15.9 Å². The maximum Gasteiger partial charge on any atom is 0.260 e. The van der Waals surface area contributed by atoms with E-state index in [2.05, 4.69) is 21.2 Å². The topological polar surface area (TPSA) is 49.4 Å². The highest BCUT2D eigenvalue weighted by Crippen LogP contribution is 2.21. The van der Waals surface area contributed by atoms with Crippen LogP contribution in [-0.2, 0) is 4.79 Å². The van der Waals surface area contributed by atoms with Gasteiger partial charge in [-0.2, -0.15) is 0 Å². The molecule has 1 aliphatic heterocycles. The van der Waals surface area contributed by atoms with Gasteiger partial charge in [0.25, 0.3) is 5.91 Å². The predicted octanol–water partition coefficient (Wildman–Crippen LogP) is 1.69. The molecule has 0 saturated carbocycles. The highest BCUT2D eigenvalue weighted by Gasteiger charge is 2.26. The van der Waals surface area contributed by atoms with Crippen LogP contribution < -0.4 is 5.32 Å². The molecule has 1 saturated heterocycles. The van der Waals surface area contributed by atoms with Gasteiger partial charge in [-0.1, -0.05) is 15.9 Å². The second-order valence-electron chi connectivity index (χ2n) is 4.17. The molecule has 1 fully saturated rings. The maximum absolute atomic E-state index is 13.7. The molecule has 0 aromatic heterocycles. The summed E-state index contributed by atoms with van der Waals surface area (Å²) in [5.41, 5.74) is -0.627. The zero-order valence-corrected chi connectivity index (χ0v) is 11.5. The Bertz CT molecular complexity index is 513. The van der Waals surface area contributed by atoms with Gasteiger partial charge in [0.1, 0.15) is 17.2 Å². The number of carbonyl (C=O) groups is 2. The van der Waals surface area contributed by atoms with E-state index < -0.39 is 23.1 Å². The number of halogens is 3. The molecule has 4 nitrogen and oxygen atoms in total. The van der Waals surface area contributed by atoms with Gasteiger partial charge in [0, 0.05) is 17.6 Å². The van der Waals surface area contributed by atoms with Crippen molar-refractivity contribution in [3.63, 3.8) is 0 Å². The first-order valence-corrected chi connectivity index (χ1v) is 6.49. The van der Waals surface area contributed by atoms with Crippen molar-refractivity contribution in [3.8, 4) is 0 Å². The Morgan fingerprint density at radius 1 is 1.32 bits per heavy atom. The van der Waals surface area contributed by atoms with Gasteiger partial charge in [-0.05, 0) is 18.6 Å². The molecule has 0 unspecified atom stereocenters. The minimum absolute atomic E-state index is 0.187. The third-order valence-electron chi connectivity index (χ3n) is 2.77. The van der Waals surface area contributed by atoms with Gasteiger partial charge in [0.05, 0.1) is 6.54 Å². The molecule has 2 amide bonds. The van der Waals surface area contributed by atoms with Crippen LogP contribution in [0.5, 0.6) is 0 Å². The molecule has 1 heterocycles. The normalized spacial score (nSPS) is 15.9. The first-order chi connectivity index (χ1) is 8.99. The van der Waals surface area contributed by atoms with Crippen LogP contribution in [0.15, 0.2) is 16.6 Å². The molecule has 1 aliphatic rings. The second kappa shape index (κ2) is 5.64. The molecule has 0 aliphatic carbocycles. The molecule has 19 heavy (non-hydrogen) atoms. The van der Waals surface area contributed by atoms with Gasteiger partial charge >= 0.3 is 0 Å². The van der Waals surface area contributed by atoms with Gasteiger partial charge in [-0.25, -0.2) is 8.78 Å². The van der Waals surface area contributed by atoms with E-state index in [1.807, 2.05) is 0 Å². The predicted molar refractivity (Wildman–Crippen MR) is 67.6 cm³/mol. The van der Waals surface area contributed by atoms with Crippen molar-refractivity contribution in [2.24, 2.45) is 0 Å². The Kier molecular flexibility index (Phi) is 4.14. The lowest BCUT2D eigenvalue weighted by molar-refractivity contribution is -0.121. The number of hydrogen-bond donors (Lipinski definition) is 1. The minimum Gasteiger partial charge on any atom is -0.354 e. The Balaban J connectivity index is 2.31. The van der Waals surface area contributed by atoms with Crippen LogP contribution in [0.1, 0.15) is 16.8 Å². The number of nitrogens with one attached hydrogen (secondary N) is 1. The average molecular weight is 333 g/mol. The fourth-order valence-electron chi connectivity index (χ4n) is 1.88. The molecule has 1 N–H and O–H groups in total. The first-order valence-electron chi connectivity index (χ1n) is 5.69. The molecule has 7 heteroatoms. The summed E-state index contributed by atoms with van der Waals surface area (Å²) in [7, 11) is 0. The van der Waals surface area contributed by atoms with Gasteiger partial charge < -0.3 is 10.2 Å². The van der Waals surface area contributed by atoms with E-state index in [1.54, 1.807) is 0 Å². The van der Waals surface area contributed by atoms with Crippen molar-refractivity contribution in [1.82, 2.24) is 10.2 Å². The lowest BCUT2D eigenvalue weighted by Crippen LogP contribution is -2.38. The standard InChI is InChI=1S/C12H11BrF2N2O2/c13-7-4-8(14)11(9(15)5-7)12(19)17-3-1-2-16-10(18)6-17/h4-5H,1-3,6H2,(H,16,18). The summed E-state index contributed by atoms with van der Waals surface area (Å²) >= 11 is 2.95. The fraction of sp³-hybridized carbons (Fsp3) is 0.333. The van der Waals surface area contributed by atoms with E-state index in [9.17, 15) is 18.4 Å². The summed E-state index contributed by atoms with van der Waals surface area (Å²) in [6.45, 7) is 0.550. The van der Waals surface area contributed by atoms with Crippen LogP contribution in [0.25, 0.3) is 0 Å². The van der Waals surface area contributed by atoms with Crippen molar-refractivity contribution in [1.29, 1.82) is 0 Å². The van der Waals surface area contributed by atoms with Crippen molar-refractivity contribution in [2.75, 3.05) is 19.6 Å². The lowest BCUT2D eigenvalue weighted by Gasteiger charge is -2.19. The van der Waals surface area contributed by atoms with Gasteiger partial charge in [-0.3, -0.25) is 9.59 Å². The van der Waals surface area contributed by atoms with Crippen LogP contribution in [-0.4, -0.2) is 36.3 Å². The number of benzene rings is 1. The monoisotopic (exact) mass is 332 g/mol. The Labute approximate surface area is 116 Å². The summed E-state index contributed by atoms with van der Waals surface area (Å²) in [6.07, 6.45) is 0.553. The van der Waals surface area contributed by atoms with Gasteiger partial charge in [0.15, 0.2) is 0 Å². The van der Waals surface area contributed by atoms with E-state index in [-0.39, 0.29) is 23.5 Å². The summed E-state index contributed by atoms with van der Waals surface area (Å²) in [5, 5.41) is 2.59. The van der Waals surface area contributed by atoms with Gasteiger partial charge in [-0.15, -0.1) is 0 Å². The Morgan fingerprint density at radius 2 is 1.95 bits per heavy atom. The number of rotatable bonds is 1. The highest BCUT2D eigenvalue weighted by molar-refractivity contribution is 9.10. The number of nitrogens with zero attached hydrogens (tertiary/aromatic N) is 1. The smallest absolute Gasteiger partial charge is 0.260 e. The molecule has 1 aromatic rings. The number of hydrogen-bond acceptors (Lipinski definition) is 2. The van der Waals surface area contributed by atoms with Crippen LogP contribution in [0.3, 0.4) is 0 Å². The second-order valence-corrected chi connectivity index (χ2v) is 5.09. The highest BCUT2D eigenvalue weighted by atomic mass is 79.9. The zero-order chi connectivity index (χ0) is 14.0.